The van der Waals surface area contributed by atoms with Gasteiger partial charge in [-0.25, -0.2) is 4.39 Å². The van der Waals surface area contributed by atoms with Gasteiger partial charge in [-0.1, -0.05) is 42.5 Å². The Morgan fingerprint density at radius 3 is 2.33 bits per heavy atom. The summed E-state index contributed by atoms with van der Waals surface area (Å²) in [5.74, 6) is 1.45. The maximum absolute atomic E-state index is 14.0. The Bertz CT molecular complexity index is 726. The zero-order chi connectivity index (χ0) is 16.1. The van der Waals surface area contributed by atoms with Gasteiger partial charge in [-0.15, -0.1) is 0 Å². The van der Waals surface area contributed by atoms with E-state index in [9.17, 15) is 4.39 Å². The molecule has 3 fully saturated rings. The molecule has 0 aromatic heterocycles. The third kappa shape index (κ3) is 2.38. The van der Waals surface area contributed by atoms with Gasteiger partial charge in [0, 0.05) is 43.2 Å². The lowest BCUT2D eigenvalue weighted by Gasteiger charge is -2.59. The summed E-state index contributed by atoms with van der Waals surface area (Å²) in [6, 6.07) is 16.9. The highest BCUT2D eigenvalue weighted by Gasteiger charge is 2.52. The van der Waals surface area contributed by atoms with Crippen LogP contribution in [0.3, 0.4) is 0 Å². The molecule has 2 bridgehead atoms. The molecule has 1 unspecified atom stereocenters. The van der Waals surface area contributed by atoms with E-state index in [0.29, 0.717) is 23.6 Å². The second-order valence-corrected chi connectivity index (χ2v) is 7.56. The minimum atomic E-state index is -0.148. The first kappa shape index (κ1) is 14.6. The van der Waals surface area contributed by atoms with Crippen molar-refractivity contribution in [1.82, 2.24) is 10.2 Å². The zero-order valence-electron chi connectivity index (χ0n) is 13.8. The molecule has 3 heteroatoms. The molecular formula is C21H23FN2. The molecule has 124 valence electrons. The van der Waals surface area contributed by atoms with Gasteiger partial charge in [-0.05, 0) is 36.0 Å². The fourth-order valence-corrected chi connectivity index (χ4v) is 4.57. The summed E-state index contributed by atoms with van der Waals surface area (Å²) in [6.07, 6.45) is 2.84. The maximum Gasteiger partial charge on any atom is 0.131 e. The van der Waals surface area contributed by atoms with Crippen LogP contribution >= 0.6 is 0 Å². The Balaban J connectivity index is 1.37. The lowest BCUT2D eigenvalue weighted by Crippen LogP contribution is -2.72. The lowest BCUT2D eigenvalue weighted by atomic mass is 9.72. The molecule has 2 nitrogen and oxygen atoms in total. The second kappa shape index (κ2) is 5.68. The van der Waals surface area contributed by atoms with Gasteiger partial charge in [0.15, 0.2) is 0 Å². The van der Waals surface area contributed by atoms with E-state index in [-0.39, 0.29) is 5.82 Å². The van der Waals surface area contributed by atoms with Crippen molar-refractivity contribution < 1.29 is 4.39 Å². The van der Waals surface area contributed by atoms with E-state index < -0.39 is 0 Å². The van der Waals surface area contributed by atoms with Crippen LogP contribution in [0.5, 0.6) is 0 Å². The minimum absolute atomic E-state index is 0.148. The van der Waals surface area contributed by atoms with Crippen LogP contribution in [0.4, 0.5) is 4.39 Å². The summed E-state index contributed by atoms with van der Waals surface area (Å²) in [5.41, 5.74) is 3.07. The van der Waals surface area contributed by atoms with Crippen molar-refractivity contribution in [2.45, 2.75) is 30.8 Å². The number of fused-ring (bicyclic) bond motifs is 2. The topological polar surface area (TPSA) is 15.3 Å². The van der Waals surface area contributed by atoms with E-state index in [1.54, 1.807) is 6.07 Å². The minimum Gasteiger partial charge on any atom is -0.314 e. The molecule has 2 saturated heterocycles. The summed E-state index contributed by atoms with van der Waals surface area (Å²) in [6.45, 7) is 3.49. The van der Waals surface area contributed by atoms with E-state index >= 15 is 0 Å². The van der Waals surface area contributed by atoms with Gasteiger partial charge >= 0.3 is 0 Å². The number of likely N-dealkylation sites (tertiary alicyclic amines) is 1. The molecular weight excluding hydrogens is 299 g/mol. The molecule has 0 amide bonds. The van der Waals surface area contributed by atoms with Crippen LogP contribution in [0.15, 0.2) is 48.5 Å². The van der Waals surface area contributed by atoms with Crippen molar-refractivity contribution in [3.05, 3.63) is 59.9 Å². The SMILES string of the molecule is Fc1ccccc1-c1ccc(C2[C@H]3CNC[C@@H]2N3CC2CC2)cc1. The number of piperidine rings is 1. The van der Waals surface area contributed by atoms with Gasteiger partial charge < -0.3 is 5.32 Å². The number of halogens is 1. The van der Waals surface area contributed by atoms with E-state index in [0.717, 1.165) is 24.6 Å². The monoisotopic (exact) mass is 322 g/mol. The molecule has 2 aliphatic heterocycles. The molecule has 24 heavy (non-hydrogen) atoms. The Morgan fingerprint density at radius 1 is 0.958 bits per heavy atom. The first-order valence-corrected chi connectivity index (χ1v) is 9.12. The fourth-order valence-electron chi connectivity index (χ4n) is 4.57. The first-order valence-electron chi connectivity index (χ1n) is 9.12. The summed E-state index contributed by atoms with van der Waals surface area (Å²) in [7, 11) is 0. The first-order chi connectivity index (χ1) is 11.8. The number of nitrogens with zero attached hydrogens (tertiary/aromatic N) is 1. The highest BCUT2D eigenvalue weighted by atomic mass is 19.1. The zero-order valence-corrected chi connectivity index (χ0v) is 13.8. The quantitative estimate of drug-likeness (QED) is 0.924. The predicted octanol–water partition coefficient (Wildman–Crippen LogP) is 3.64. The predicted molar refractivity (Wildman–Crippen MR) is 94.5 cm³/mol. The van der Waals surface area contributed by atoms with Crippen LogP contribution in [0, 0.1) is 11.7 Å². The number of piperazine rings is 1. The van der Waals surface area contributed by atoms with Gasteiger partial charge in [0.05, 0.1) is 0 Å². The van der Waals surface area contributed by atoms with Crippen molar-refractivity contribution >= 4 is 0 Å². The second-order valence-electron chi connectivity index (χ2n) is 7.56. The van der Waals surface area contributed by atoms with Crippen molar-refractivity contribution in [2.24, 2.45) is 5.92 Å². The van der Waals surface area contributed by atoms with Crippen LogP contribution in [0.25, 0.3) is 11.1 Å². The van der Waals surface area contributed by atoms with Crippen LogP contribution in [0.1, 0.15) is 24.3 Å². The smallest absolute Gasteiger partial charge is 0.131 e. The molecule has 0 radical (unpaired) electrons. The van der Waals surface area contributed by atoms with Gasteiger partial charge in [-0.2, -0.15) is 0 Å². The van der Waals surface area contributed by atoms with Crippen LogP contribution in [-0.2, 0) is 0 Å². The van der Waals surface area contributed by atoms with Crippen molar-refractivity contribution in [1.29, 1.82) is 0 Å². The summed E-state index contributed by atoms with van der Waals surface area (Å²) in [4.78, 5) is 2.73. The molecule has 1 saturated carbocycles. The van der Waals surface area contributed by atoms with Crippen molar-refractivity contribution in [3.63, 3.8) is 0 Å². The van der Waals surface area contributed by atoms with E-state index in [1.165, 1.54) is 31.0 Å². The van der Waals surface area contributed by atoms with E-state index in [1.807, 2.05) is 12.1 Å². The molecule has 1 N–H and O–H groups in total. The average molecular weight is 322 g/mol. The Kier molecular flexibility index (Phi) is 3.46. The standard InChI is InChI=1S/C21H23FN2/c22-18-4-2-1-3-17(18)15-7-9-16(10-8-15)21-19-11-23-12-20(21)24(19)13-14-5-6-14/h1-4,7-10,14,19-21,23H,5-6,11-13H2/t19-,20+,21?. The molecule has 1 aliphatic carbocycles. The van der Waals surface area contributed by atoms with Crippen LogP contribution < -0.4 is 5.32 Å². The average Bonchev–Trinajstić information content (AvgIpc) is 3.45. The highest BCUT2D eigenvalue weighted by Crippen LogP contribution is 2.45. The van der Waals surface area contributed by atoms with Crippen LogP contribution in [-0.4, -0.2) is 36.6 Å². The third-order valence-corrected chi connectivity index (χ3v) is 6.03. The van der Waals surface area contributed by atoms with E-state index in [4.69, 9.17) is 0 Å². The maximum atomic E-state index is 14.0. The normalized spacial score (nSPS) is 29.3. The third-order valence-electron chi connectivity index (χ3n) is 6.03. The van der Waals surface area contributed by atoms with Gasteiger partial charge in [-0.3, -0.25) is 4.90 Å². The molecule has 2 heterocycles. The Morgan fingerprint density at radius 2 is 1.67 bits per heavy atom. The van der Waals surface area contributed by atoms with Crippen LogP contribution in [0.2, 0.25) is 0 Å². The number of benzene rings is 2. The van der Waals surface area contributed by atoms with E-state index in [2.05, 4.69) is 34.5 Å². The number of rotatable bonds is 4. The molecule has 3 aliphatic rings. The summed E-state index contributed by atoms with van der Waals surface area (Å²) < 4.78 is 14.0. The molecule has 5 rings (SSSR count). The molecule has 2 aromatic carbocycles. The lowest BCUT2D eigenvalue weighted by molar-refractivity contribution is -0.0443. The molecule has 0 spiro atoms. The summed E-state index contributed by atoms with van der Waals surface area (Å²) >= 11 is 0. The Hall–Kier alpha value is -1.71. The molecule has 2 aromatic rings. The number of hydrogen-bond acceptors (Lipinski definition) is 2. The van der Waals surface area contributed by atoms with Gasteiger partial charge in [0.1, 0.15) is 5.82 Å². The fraction of sp³-hybridized carbons (Fsp3) is 0.429. The van der Waals surface area contributed by atoms with Gasteiger partial charge in [0.2, 0.25) is 0 Å². The Labute approximate surface area is 142 Å². The van der Waals surface area contributed by atoms with Crippen molar-refractivity contribution in [2.75, 3.05) is 19.6 Å². The molecule has 3 atom stereocenters. The highest BCUT2D eigenvalue weighted by molar-refractivity contribution is 5.64. The number of nitrogens with one attached hydrogen (secondary N) is 1. The summed E-state index contributed by atoms with van der Waals surface area (Å²) in [5, 5.41) is 3.56. The van der Waals surface area contributed by atoms with Crippen molar-refractivity contribution in [3.8, 4) is 11.1 Å². The number of hydrogen-bond donors (Lipinski definition) is 1. The largest absolute Gasteiger partial charge is 0.314 e. The van der Waals surface area contributed by atoms with Gasteiger partial charge in [0.25, 0.3) is 0 Å².